The Balaban J connectivity index is 2.01. The summed E-state index contributed by atoms with van der Waals surface area (Å²) in [4.78, 5) is 24.4. The van der Waals surface area contributed by atoms with Crippen molar-refractivity contribution in [3.63, 3.8) is 0 Å². The molecule has 1 aromatic rings. The first-order valence-electron chi connectivity index (χ1n) is 14.8. The average Bonchev–Trinajstić information content (AvgIpc) is 3.31. The Kier molecular flexibility index (Phi) is 10.9. The average molecular weight is 577 g/mol. The maximum absolute atomic E-state index is 13.9. The van der Waals surface area contributed by atoms with Crippen LogP contribution in [0.5, 0.6) is 11.5 Å². The first-order chi connectivity index (χ1) is 18.7. The second-order valence-electron chi connectivity index (χ2n) is 13.0. The number of allylic oxidation sites excluding steroid dienone is 3. The van der Waals surface area contributed by atoms with Gasteiger partial charge in [0.15, 0.2) is 5.60 Å². The molecule has 3 rings (SSSR count). The lowest BCUT2D eigenvalue weighted by atomic mass is 9.73. The predicted molar refractivity (Wildman–Crippen MR) is 159 cm³/mol. The van der Waals surface area contributed by atoms with Crippen molar-refractivity contribution in [2.75, 3.05) is 6.61 Å². The predicted octanol–water partition coefficient (Wildman–Crippen LogP) is 8.54. The fourth-order valence-electron chi connectivity index (χ4n) is 5.71. The van der Waals surface area contributed by atoms with Crippen molar-refractivity contribution in [3.05, 3.63) is 47.1 Å². The number of benzene rings is 1. The molecule has 8 heteroatoms. The summed E-state index contributed by atoms with van der Waals surface area (Å²) < 4.78 is 30.0. The molecule has 0 bridgehead atoms. The van der Waals surface area contributed by atoms with Gasteiger partial charge in [-0.1, -0.05) is 64.3 Å². The number of phenols is 1. The van der Waals surface area contributed by atoms with Crippen LogP contribution in [-0.2, 0) is 24.8 Å². The maximum Gasteiger partial charge on any atom is 0.473 e. The molecule has 7 nitrogen and oxygen atoms in total. The lowest BCUT2D eigenvalue weighted by Crippen LogP contribution is -2.41. The number of carbonyl (C=O) groups excluding carboxylic acids is 1. The summed E-state index contributed by atoms with van der Waals surface area (Å²) in [5, 5.41) is 11.4. The van der Waals surface area contributed by atoms with Gasteiger partial charge >= 0.3 is 13.8 Å². The van der Waals surface area contributed by atoms with Crippen LogP contribution in [0.1, 0.15) is 116 Å². The largest absolute Gasteiger partial charge is 0.507 e. The zero-order valence-corrected chi connectivity index (χ0v) is 26.1. The van der Waals surface area contributed by atoms with Gasteiger partial charge < -0.3 is 14.7 Å². The van der Waals surface area contributed by atoms with Gasteiger partial charge in [-0.15, -0.1) is 0 Å². The van der Waals surface area contributed by atoms with Crippen molar-refractivity contribution in [3.8, 4) is 11.5 Å². The number of phosphoric acid groups is 1. The van der Waals surface area contributed by atoms with Crippen molar-refractivity contribution in [2.45, 2.75) is 117 Å². The highest BCUT2D eigenvalue weighted by molar-refractivity contribution is 7.47. The first-order valence-corrected chi connectivity index (χ1v) is 16.2. The highest BCUT2D eigenvalue weighted by atomic mass is 31.2. The quantitative estimate of drug-likeness (QED) is 0.0845. The Labute approximate surface area is 240 Å². The van der Waals surface area contributed by atoms with E-state index >= 15 is 0 Å². The molecule has 40 heavy (non-hydrogen) atoms. The van der Waals surface area contributed by atoms with Gasteiger partial charge in [-0.2, -0.15) is 0 Å². The Morgan fingerprint density at radius 3 is 2.48 bits per heavy atom. The summed E-state index contributed by atoms with van der Waals surface area (Å²) in [6.45, 7) is 16.0. The fourth-order valence-corrected chi connectivity index (χ4v) is 7.01. The molecule has 1 aromatic carbocycles. The van der Waals surface area contributed by atoms with Gasteiger partial charge in [0.1, 0.15) is 11.5 Å². The van der Waals surface area contributed by atoms with Crippen molar-refractivity contribution in [2.24, 2.45) is 11.3 Å². The standard InChI is InChI=1S/C32H49O7P/c1-8-9-10-13-24-19-27(33)29(26-18-23(4)14-15-25(26)22(2)3)28(20-24)38-30(34)32(16-11-12-17-32)39-40(35,36)37-21-31(5,6)7/h18-20,25-26,33H,2,8-17,21H2,1,3-7H3,(H,35,36)/t25-,26+/m0/s1. The molecule has 0 amide bonds. The van der Waals surface area contributed by atoms with Crippen molar-refractivity contribution < 1.29 is 33.1 Å². The molecule has 0 spiro atoms. The van der Waals surface area contributed by atoms with Crippen molar-refractivity contribution >= 4 is 13.8 Å². The van der Waals surface area contributed by atoms with Gasteiger partial charge in [-0.05, 0) is 94.2 Å². The minimum Gasteiger partial charge on any atom is -0.507 e. The number of aromatic hydroxyl groups is 1. The van der Waals surface area contributed by atoms with E-state index < -0.39 is 19.4 Å². The molecular weight excluding hydrogens is 527 g/mol. The topological polar surface area (TPSA) is 102 Å². The third kappa shape index (κ3) is 8.55. The number of hydrogen-bond donors (Lipinski definition) is 2. The van der Waals surface area contributed by atoms with E-state index in [1.807, 2.05) is 33.8 Å². The van der Waals surface area contributed by atoms with Crippen LogP contribution >= 0.6 is 7.82 Å². The van der Waals surface area contributed by atoms with Gasteiger partial charge in [0, 0.05) is 11.5 Å². The molecule has 0 aromatic heterocycles. The van der Waals surface area contributed by atoms with Gasteiger partial charge in [-0.3, -0.25) is 9.05 Å². The number of hydrogen-bond acceptors (Lipinski definition) is 6. The van der Waals surface area contributed by atoms with Crippen LogP contribution in [0.4, 0.5) is 0 Å². The van der Waals surface area contributed by atoms with Crippen LogP contribution in [0.15, 0.2) is 35.9 Å². The van der Waals surface area contributed by atoms with Crippen LogP contribution in [0.3, 0.4) is 0 Å². The van der Waals surface area contributed by atoms with Gasteiger partial charge in [0.2, 0.25) is 0 Å². The number of carbonyl (C=O) groups is 1. The number of esters is 1. The Morgan fingerprint density at radius 1 is 1.20 bits per heavy atom. The number of unbranched alkanes of at least 4 members (excludes halogenated alkanes) is 2. The van der Waals surface area contributed by atoms with E-state index in [1.165, 1.54) is 5.57 Å². The summed E-state index contributed by atoms with van der Waals surface area (Å²) >= 11 is 0. The van der Waals surface area contributed by atoms with Crippen LogP contribution in [-0.4, -0.2) is 28.2 Å². The second-order valence-corrected chi connectivity index (χ2v) is 14.4. The molecule has 3 atom stereocenters. The molecule has 1 unspecified atom stereocenters. The molecule has 0 heterocycles. The summed E-state index contributed by atoms with van der Waals surface area (Å²) in [6, 6.07) is 3.62. The third-order valence-corrected chi connectivity index (χ3v) is 8.93. The lowest BCUT2D eigenvalue weighted by molar-refractivity contribution is -0.153. The van der Waals surface area contributed by atoms with Crippen molar-refractivity contribution in [1.29, 1.82) is 0 Å². The number of rotatable bonds is 12. The monoisotopic (exact) mass is 576 g/mol. The van der Waals surface area contributed by atoms with E-state index in [0.717, 1.165) is 49.7 Å². The third-order valence-electron chi connectivity index (χ3n) is 7.90. The van der Waals surface area contributed by atoms with E-state index in [9.17, 15) is 19.4 Å². The summed E-state index contributed by atoms with van der Waals surface area (Å²) in [5.74, 6) is -0.497. The van der Waals surface area contributed by atoms with Gasteiger partial charge in [-0.25, -0.2) is 9.36 Å². The van der Waals surface area contributed by atoms with Gasteiger partial charge in [0.05, 0.1) is 6.61 Å². The van der Waals surface area contributed by atoms with Gasteiger partial charge in [0.25, 0.3) is 0 Å². The number of ether oxygens (including phenoxy) is 1. The zero-order valence-electron chi connectivity index (χ0n) is 25.3. The summed E-state index contributed by atoms with van der Waals surface area (Å²) in [5.41, 5.74) is 1.68. The molecular formula is C32H49O7P. The van der Waals surface area contributed by atoms with E-state index in [4.69, 9.17) is 13.8 Å². The van der Waals surface area contributed by atoms with E-state index in [0.29, 0.717) is 18.4 Å². The zero-order chi connectivity index (χ0) is 29.7. The molecule has 2 aliphatic carbocycles. The molecule has 1 fully saturated rings. The lowest BCUT2D eigenvalue weighted by Gasteiger charge is -2.33. The van der Waals surface area contributed by atoms with E-state index in [2.05, 4.69) is 26.5 Å². The smallest absolute Gasteiger partial charge is 0.473 e. The molecule has 2 N–H and O–H groups in total. The van der Waals surface area contributed by atoms with Crippen LogP contribution in [0, 0.1) is 11.3 Å². The molecule has 0 radical (unpaired) electrons. The fraction of sp³-hybridized carbons (Fsp3) is 0.656. The number of phenolic OH excluding ortho intramolecular Hbond substituents is 1. The molecule has 224 valence electrons. The SMILES string of the molecule is C=C(C)[C@@H]1CCC(C)=C[C@H]1c1c(O)cc(CCCCC)cc1OC(=O)C1(OP(=O)(O)OCC(C)(C)C)CCCC1. The minimum atomic E-state index is -4.54. The molecule has 0 saturated heterocycles. The molecule has 0 aliphatic heterocycles. The highest BCUT2D eigenvalue weighted by Crippen LogP contribution is 2.53. The molecule has 1 saturated carbocycles. The van der Waals surface area contributed by atoms with E-state index in [-0.39, 0.29) is 48.2 Å². The minimum absolute atomic E-state index is 0.000605. The normalized spacial score (nSPS) is 22.4. The van der Waals surface area contributed by atoms with Crippen LogP contribution < -0.4 is 4.74 Å². The van der Waals surface area contributed by atoms with Crippen molar-refractivity contribution in [1.82, 2.24) is 0 Å². The number of aryl methyl sites for hydroxylation is 1. The second kappa shape index (κ2) is 13.4. The first kappa shape index (κ1) is 32.6. The Bertz CT molecular complexity index is 1140. The summed E-state index contributed by atoms with van der Waals surface area (Å²) in [6.07, 6.45) is 9.60. The maximum atomic E-state index is 13.9. The highest BCUT2D eigenvalue weighted by Gasteiger charge is 2.50. The Hall–Kier alpha value is -1.92. The van der Waals surface area contributed by atoms with E-state index in [1.54, 1.807) is 6.07 Å². The van der Waals surface area contributed by atoms with Crippen LogP contribution in [0.2, 0.25) is 0 Å². The number of phosphoric ester groups is 1. The Morgan fingerprint density at radius 2 is 1.88 bits per heavy atom. The molecule has 2 aliphatic rings. The summed E-state index contributed by atoms with van der Waals surface area (Å²) in [7, 11) is -4.54. The van der Waals surface area contributed by atoms with Crippen LogP contribution in [0.25, 0.3) is 0 Å².